The second kappa shape index (κ2) is 12.8. The summed E-state index contributed by atoms with van der Waals surface area (Å²) in [5.74, 6) is 1.07. The summed E-state index contributed by atoms with van der Waals surface area (Å²) in [6.45, 7) is 11.4. The quantitative estimate of drug-likeness (QED) is 0.482. The van der Waals surface area contributed by atoms with Crippen LogP contribution in [0, 0.1) is 25.7 Å². The molecule has 220 valence electrons. The van der Waals surface area contributed by atoms with Crippen LogP contribution in [0.15, 0.2) is 36.5 Å². The van der Waals surface area contributed by atoms with E-state index in [9.17, 15) is 14.4 Å². The van der Waals surface area contributed by atoms with Crippen molar-refractivity contribution in [2.24, 2.45) is 11.8 Å². The summed E-state index contributed by atoms with van der Waals surface area (Å²) in [5.41, 5.74) is 3.15. The summed E-state index contributed by atoms with van der Waals surface area (Å²) >= 11 is 6.42. The van der Waals surface area contributed by atoms with E-state index in [1.54, 1.807) is 22.9 Å². The lowest BCUT2D eigenvalue weighted by molar-refractivity contribution is -0.130. The van der Waals surface area contributed by atoms with E-state index in [0.29, 0.717) is 54.9 Å². The molecule has 9 nitrogen and oxygen atoms in total. The number of piperidine rings is 1. The molecule has 3 saturated heterocycles. The topological polar surface area (TPSA) is 86.3 Å². The van der Waals surface area contributed by atoms with Crippen LogP contribution in [0.25, 0.3) is 0 Å². The molecule has 3 amide bonds. The van der Waals surface area contributed by atoms with E-state index in [1.807, 2.05) is 49.1 Å². The summed E-state index contributed by atoms with van der Waals surface area (Å²) in [6, 6.07) is 9.34. The fourth-order valence-corrected chi connectivity index (χ4v) is 6.52. The van der Waals surface area contributed by atoms with Crippen LogP contribution >= 0.6 is 11.6 Å². The van der Waals surface area contributed by atoms with Gasteiger partial charge in [-0.05, 0) is 68.5 Å². The Bertz CT molecular complexity index is 1270. The molecular weight excluding hydrogens is 542 g/mol. The first-order valence-electron chi connectivity index (χ1n) is 14.6. The number of halogens is 1. The first-order valence-corrected chi connectivity index (χ1v) is 15.0. The zero-order valence-corrected chi connectivity index (χ0v) is 25.0. The first kappa shape index (κ1) is 29.3. The largest absolute Gasteiger partial charge is 0.446 e. The lowest BCUT2D eigenvalue weighted by Gasteiger charge is -2.32. The number of aryl methyl sites for hydroxylation is 2. The van der Waals surface area contributed by atoms with E-state index in [1.165, 1.54) is 0 Å². The first-order chi connectivity index (χ1) is 19.7. The Morgan fingerprint density at radius 1 is 1.02 bits per heavy atom. The number of carbonyl (C=O) groups is 3. The van der Waals surface area contributed by atoms with Gasteiger partial charge in [0, 0.05) is 88.2 Å². The number of benzene rings is 1. The van der Waals surface area contributed by atoms with Gasteiger partial charge in [-0.3, -0.25) is 19.5 Å². The number of nitrogens with zero attached hydrogens (tertiary/aromatic N) is 5. The minimum atomic E-state index is -0.371. The Kier molecular flexibility index (Phi) is 9.14. The maximum Gasteiger partial charge on any atom is 0.414 e. The van der Waals surface area contributed by atoms with Gasteiger partial charge in [-0.2, -0.15) is 0 Å². The highest BCUT2D eigenvalue weighted by Crippen LogP contribution is 2.32. The molecule has 2 unspecified atom stereocenters. The van der Waals surface area contributed by atoms with Crippen LogP contribution in [-0.2, 0) is 9.53 Å². The van der Waals surface area contributed by atoms with Crippen molar-refractivity contribution in [2.75, 3.05) is 57.3 Å². The number of aromatic nitrogens is 1. The summed E-state index contributed by atoms with van der Waals surface area (Å²) in [5, 5.41) is 0.614. The van der Waals surface area contributed by atoms with E-state index in [-0.39, 0.29) is 24.0 Å². The number of anilines is 1. The molecule has 0 aliphatic carbocycles. The number of rotatable bonds is 7. The minimum absolute atomic E-state index is 0.0552. The molecule has 1 aromatic heterocycles. The Hall–Kier alpha value is -3.17. The predicted molar refractivity (Wildman–Crippen MR) is 158 cm³/mol. The molecule has 5 rings (SSSR count). The standard InChI is InChI=1S/C31H40ClN5O4/c1-21-7-8-26(16-29(21)32)37(31(40)41-27-9-14-35(15-10-27)23(3)38)13-5-12-34-17-24-19-36(20-25(24)18-34)30(39)28-6-4-11-33-22(28)2/h4,6-8,11,16,24-25,27H,5,9-10,12-15,17-20H2,1-3H3. The smallest absolute Gasteiger partial charge is 0.414 e. The second-order valence-corrected chi connectivity index (χ2v) is 12.1. The average Bonchev–Trinajstić information content (AvgIpc) is 3.52. The van der Waals surface area contributed by atoms with Gasteiger partial charge in [0.25, 0.3) is 5.91 Å². The molecule has 41 heavy (non-hydrogen) atoms. The van der Waals surface area contributed by atoms with Gasteiger partial charge in [0.2, 0.25) is 5.91 Å². The molecule has 10 heteroatoms. The fraction of sp³-hybridized carbons (Fsp3) is 0.548. The predicted octanol–water partition coefficient (Wildman–Crippen LogP) is 4.40. The fourth-order valence-electron chi connectivity index (χ4n) is 6.34. The Morgan fingerprint density at radius 2 is 1.73 bits per heavy atom. The SMILES string of the molecule is CC(=O)N1CCC(OC(=O)N(CCCN2CC3CN(C(=O)c4cccnc4C)CC3C2)c2ccc(C)c(Cl)c2)CC1. The van der Waals surface area contributed by atoms with Crippen LogP contribution in [-0.4, -0.2) is 96.1 Å². The van der Waals surface area contributed by atoms with E-state index in [4.69, 9.17) is 16.3 Å². The van der Waals surface area contributed by atoms with Gasteiger partial charge in [-0.25, -0.2) is 4.79 Å². The van der Waals surface area contributed by atoms with E-state index in [2.05, 4.69) is 9.88 Å². The summed E-state index contributed by atoms with van der Waals surface area (Å²) < 4.78 is 5.92. The van der Waals surface area contributed by atoms with Gasteiger partial charge in [-0.15, -0.1) is 0 Å². The van der Waals surface area contributed by atoms with Crippen LogP contribution in [0.4, 0.5) is 10.5 Å². The summed E-state index contributed by atoms with van der Waals surface area (Å²) in [4.78, 5) is 50.3. The number of pyridine rings is 1. The maximum absolute atomic E-state index is 13.4. The highest BCUT2D eigenvalue weighted by atomic mass is 35.5. The van der Waals surface area contributed by atoms with Crippen LogP contribution in [0.5, 0.6) is 0 Å². The molecule has 0 bridgehead atoms. The second-order valence-electron chi connectivity index (χ2n) is 11.7. The molecule has 0 saturated carbocycles. The van der Waals surface area contributed by atoms with Crippen LogP contribution in [0.2, 0.25) is 5.02 Å². The molecule has 0 spiro atoms. The zero-order valence-electron chi connectivity index (χ0n) is 24.2. The van der Waals surface area contributed by atoms with E-state index >= 15 is 0 Å². The molecular formula is C31H40ClN5O4. The Labute approximate surface area is 247 Å². The van der Waals surface area contributed by atoms with Crippen molar-refractivity contribution in [2.45, 2.75) is 46.1 Å². The van der Waals surface area contributed by atoms with E-state index < -0.39 is 0 Å². The number of carbonyl (C=O) groups excluding carboxylic acids is 3. The van der Waals surface area contributed by atoms with Crippen molar-refractivity contribution in [1.82, 2.24) is 19.7 Å². The molecule has 0 N–H and O–H groups in total. The number of hydrogen-bond acceptors (Lipinski definition) is 6. The Morgan fingerprint density at radius 3 is 2.37 bits per heavy atom. The third kappa shape index (κ3) is 6.84. The van der Waals surface area contributed by atoms with Crippen molar-refractivity contribution in [3.8, 4) is 0 Å². The number of ether oxygens (including phenoxy) is 1. The van der Waals surface area contributed by atoms with Crippen LogP contribution < -0.4 is 4.90 Å². The number of likely N-dealkylation sites (tertiary alicyclic amines) is 3. The molecule has 2 aromatic rings. The zero-order chi connectivity index (χ0) is 29.1. The third-order valence-electron chi connectivity index (χ3n) is 8.78. The average molecular weight is 582 g/mol. The van der Waals surface area contributed by atoms with Crippen molar-refractivity contribution in [1.29, 1.82) is 0 Å². The van der Waals surface area contributed by atoms with Crippen LogP contribution in [0.3, 0.4) is 0 Å². The molecule has 2 atom stereocenters. The van der Waals surface area contributed by atoms with Crippen molar-refractivity contribution in [3.05, 3.63) is 58.4 Å². The van der Waals surface area contributed by atoms with Gasteiger partial charge in [0.1, 0.15) is 6.10 Å². The number of amides is 3. The highest BCUT2D eigenvalue weighted by Gasteiger charge is 2.41. The normalized spacial score (nSPS) is 21.2. The monoisotopic (exact) mass is 581 g/mol. The van der Waals surface area contributed by atoms with Gasteiger partial charge < -0.3 is 19.4 Å². The number of fused-ring (bicyclic) bond motifs is 1. The van der Waals surface area contributed by atoms with Crippen molar-refractivity contribution >= 4 is 35.2 Å². The summed E-state index contributed by atoms with van der Waals surface area (Å²) in [7, 11) is 0. The van der Waals surface area contributed by atoms with Gasteiger partial charge in [-0.1, -0.05) is 17.7 Å². The molecule has 3 fully saturated rings. The molecule has 1 aromatic carbocycles. The molecule has 4 heterocycles. The molecule has 3 aliphatic rings. The van der Waals surface area contributed by atoms with Gasteiger partial charge in [0.15, 0.2) is 0 Å². The lowest BCUT2D eigenvalue weighted by Crippen LogP contribution is -2.43. The molecule has 3 aliphatic heterocycles. The van der Waals surface area contributed by atoms with Crippen molar-refractivity contribution in [3.63, 3.8) is 0 Å². The number of hydrogen-bond donors (Lipinski definition) is 0. The maximum atomic E-state index is 13.4. The van der Waals surface area contributed by atoms with E-state index in [0.717, 1.165) is 56.1 Å². The summed E-state index contributed by atoms with van der Waals surface area (Å²) in [6.07, 6.45) is 3.22. The Balaban J connectivity index is 1.14. The minimum Gasteiger partial charge on any atom is -0.446 e. The van der Waals surface area contributed by atoms with Crippen LogP contribution in [0.1, 0.15) is 47.8 Å². The van der Waals surface area contributed by atoms with Gasteiger partial charge >= 0.3 is 6.09 Å². The van der Waals surface area contributed by atoms with Gasteiger partial charge in [0.05, 0.1) is 5.56 Å². The third-order valence-corrected chi connectivity index (χ3v) is 9.19. The highest BCUT2D eigenvalue weighted by molar-refractivity contribution is 6.31. The lowest BCUT2D eigenvalue weighted by atomic mass is 10.0. The van der Waals surface area contributed by atoms with Crippen molar-refractivity contribution < 1.29 is 19.1 Å². The molecule has 0 radical (unpaired) electrons.